The van der Waals surface area contributed by atoms with E-state index in [9.17, 15) is 10.1 Å². The zero-order valence-corrected chi connectivity index (χ0v) is 14.0. The summed E-state index contributed by atoms with van der Waals surface area (Å²) in [5, 5.41) is 9.44. The molecule has 124 valence electrons. The first kappa shape index (κ1) is 17.1. The van der Waals surface area contributed by atoms with E-state index in [-0.39, 0.29) is 5.91 Å². The predicted octanol–water partition coefficient (Wildman–Crippen LogP) is 2.64. The number of hydrogen-bond acceptors (Lipinski definition) is 4. The molecule has 1 heterocycles. The third-order valence-corrected chi connectivity index (χ3v) is 4.47. The van der Waals surface area contributed by atoms with Crippen LogP contribution in [0.4, 0.5) is 0 Å². The van der Waals surface area contributed by atoms with Crippen LogP contribution < -0.4 is 9.47 Å². The molecular weight excluding hydrogens is 292 g/mol. The number of carbonyl (C=O) groups is 1. The van der Waals surface area contributed by atoms with Crippen LogP contribution in [0.1, 0.15) is 25.3 Å². The van der Waals surface area contributed by atoms with Crippen LogP contribution in [0.3, 0.4) is 0 Å². The molecular formula is C18H24N2O3. The SMILES string of the molecule is COc1ccc(CC(C#N)C(=O)N2CCC(C)CC2)c(OC)c1. The average molecular weight is 316 g/mol. The van der Waals surface area contributed by atoms with Crippen LogP contribution in [0.5, 0.6) is 11.5 Å². The zero-order chi connectivity index (χ0) is 16.8. The van der Waals surface area contributed by atoms with E-state index >= 15 is 0 Å². The molecule has 0 radical (unpaired) electrons. The highest BCUT2D eigenvalue weighted by molar-refractivity contribution is 5.81. The second kappa shape index (κ2) is 7.87. The second-order valence-corrected chi connectivity index (χ2v) is 6.07. The first-order chi connectivity index (χ1) is 11.1. The molecule has 23 heavy (non-hydrogen) atoms. The number of ether oxygens (including phenoxy) is 2. The van der Waals surface area contributed by atoms with Crippen LogP contribution in [-0.4, -0.2) is 38.1 Å². The number of rotatable bonds is 5. The Bertz CT molecular complexity index is 586. The molecule has 1 saturated heterocycles. The van der Waals surface area contributed by atoms with Gasteiger partial charge in [-0.05, 0) is 30.4 Å². The third-order valence-electron chi connectivity index (χ3n) is 4.47. The number of methoxy groups -OCH3 is 2. The van der Waals surface area contributed by atoms with Gasteiger partial charge in [0.05, 0.1) is 20.3 Å². The van der Waals surface area contributed by atoms with Gasteiger partial charge >= 0.3 is 0 Å². The van der Waals surface area contributed by atoms with Gasteiger partial charge in [-0.25, -0.2) is 0 Å². The van der Waals surface area contributed by atoms with E-state index in [2.05, 4.69) is 13.0 Å². The van der Waals surface area contributed by atoms with E-state index in [1.165, 1.54) is 0 Å². The number of hydrogen-bond donors (Lipinski definition) is 0. The predicted molar refractivity (Wildman–Crippen MR) is 87.3 cm³/mol. The highest BCUT2D eigenvalue weighted by atomic mass is 16.5. The van der Waals surface area contributed by atoms with Crippen molar-refractivity contribution >= 4 is 5.91 Å². The van der Waals surface area contributed by atoms with Gasteiger partial charge in [0.1, 0.15) is 17.4 Å². The molecule has 1 aliphatic rings. The Morgan fingerprint density at radius 1 is 1.35 bits per heavy atom. The molecule has 0 bridgehead atoms. The minimum Gasteiger partial charge on any atom is -0.497 e. The number of benzene rings is 1. The summed E-state index contributed by atoms with van der Waals surface area (Å²) < 4.78 is 10.5. The molecule has 0 aliphatic carbocycles. The Balaban J connectivity index is 2.10. The number of nitriles is 1. The van der Waals surface area contributed by atoms with E-state index in [1.807, 2.05) is 17.0 Å². The molecule has 1 fully saturated rings. The van der Waals surface area contributed by atoms with Gasteiger partial charge in [0.15, 0.2) is 0 Å². The maximum atomic E-state index is 12.6. The maximum absolute atomic E-state index is 12.6. The molecule has 2 rings (SSSR count). The summed E-state index contributed by atoms with van der Waals surface area (Å²) in [6.07, 6.45) is 2.38. The fourth-order valence-electron chi connectivity index (χ4n) is 2.88. The molecule has 0 N–H and O–H groups in total. The number of likely N-dealkylation sites (tertiary alicyclic amines) is 1. The smallest absolute Gasteiger partial charge is 0.240 e. The van der Waals surface area contributed by atoms with Gasteiger partial charge in [-0.15, -0.1) is 0 Å². The highest BCUT2D eigenvalue weighted by Gasteiger charge is 2.28. The molecule has 1 unspecified atom stereocenters. The summed E-state index contributed by atoms with van der Waals surface area (Å²) in [6, 6.07) is 7.61. The van der Waals surface area contributed by atoms with Crippen LogP contribution in [0.2, 0.25) is 0 Å². The monoisotopic (exact) mass is 316 g/mol. The lowest BCUT2D eigenvalue weighted by Gasteiger charge is -2.31. The highest BCUT2D eigenvalue weighted by Crippen LogP contribution is 2.27. The molecule has 1 atom stereocenters. The van der Waals surface area contributed by atoms with Crippen LogP contribution in [0.15, 0.2) is 18.2 Å². The van der Waals surface area contributed by atoms with Gasteiger partial charge in [0.25, 0.3) is 0 Å². The van der Waals surface area contributed by atoms with E-state index in [4.69, 9.17) is 9.47 Å². The topological polar surface area (TPSA) is 62.6 Å². The Morgan fingerprint density at radius 2 is 2.04 bits per heavy atom. The van der Waals surface area contributed by atoms with E-state index in [0.717, 1.165) is 31.5 Å². The molecule has 1 aromatic rings. The van der Waals surface area contributed by atoms with Crippen LogP contribution in [-0.2, 0) is 11.2 Å². The lowest BCUT2D eigenvalue weighted by Crippen LogP contribution is -2.41. The van der Waals surface area contributed by atoms with Crippen LogP contribution in [0.25, 0.3) is 0 Å². The molecule has 0 spiro atoms. The van der Waals surface area contributed by atoms with Crippen LogP contribution in [0, 0.1) is 23.2 Å². The molecule has 1 amide bonds. The van der Waals surface area contributed by atoms with Crippen molar-refractivity contribution in [1.29, 1.82) is 5.26 Å². The summed E-state index contributed by atoms with van der Waals surface area (Å²) in [4.78, 5) is 14.4. The lowest BCUT2D eigenvalue weighted by atomic mass is 9.95. The fraction of sp³-hybridized carbons (Fsp3) is 0.556. The van der Waals surface area contributed by atoms with Gasteiger partial charge in [-0.2, -0.15) is 5.26 Å². The van der Waals surface area contributed by atoms with Crippen molar-refractivity contribution in [3.8, 4) is 17.6 Å². The third kappa shape index (κ3) is 4.16. The molecule has 5 heteroatoms. The van der Waals surface area contributed by atoms with E-state index in [1.54, 1.807) is 20.3 Å². The standard InChI is InChI=1S/C18H24N2O3/c1-13-6-8-20(9-7-13)18(21)15(12-19)10-14-4-5-16(22-2)11-17(14)23-3/h4-5,11,13,15H,6-10H2,1-3H3. The minimum atomic E-state index is -0.675. The molecule has 5 nitrogen and oxygen atoms in total. The fourth-order valence-corrected chi connectivity index (χ4v) is 2.88. The Kier molecular flexibility index (Phi) is 5.86. The summed E-state index contributed by atoms with van der Waals surface area (Å²) in [6.45, 7) is 3.70. The van der Waals surface area contributed by atoms with Gasteiger partial charge < -0.3 is 14.4 Å². The molecule has 1 aliphatic heterocycles. The lowest BCUT2D eigenvalue weighted by molar-refractivity contribution is -0.135. The van der Waals surface area contributed by atoms with Crippen molar-refractivity contribution in [2.45, 2.75) is 26.2 Å². The summed E-state index contributed by atoms with van der Waals surface area (Å²) in [7, 11) is 3.17. The normalized spacial score (nSPS) is 16.5. The van der Waals surface area contributed by atoms with Gasteiger partial charge in [-0.1, -0.05) is 13.0 Å². The second-order valence-electron chi connectivity index (χ2n) is 6.07. The minimum absolute atomic E-state index is 0.0720. The number of nitrogens with zero attached hydrogens (tertiary/aromatic N) is 2. The first-order valence-electron chi connectivity index (χ1n) is 7.98. The Morgan fingerprint density at radius 3 is 2.61 bits per heavy atom. The largest absolute Gasteiger partial charge is 0.497 e. The van der Waals surface area contributed by atoms with E-state index in [0.29, 0.717) is 23.8 Å². The van der Waals surface area contributed by atoms with Crippen LogP contribution >= 0.6 is 0 Å². The van der Waals surface area contributed by atoms with Crippen molar-refractivity contribution in [2.75, 3.05) is 27.3 Å². The maximum Gasteiger partial charge on any atom is 0.240 e. The Labute approximate surface area is 137 Å². The van der Waals surface area contributed by atoms with Crippen molar-refractivity contribution in [1.82, 2.24) is 4.90 Å². The number of piperidine rings is 1. The summed E-state index contributed by atoms with van der Waals surface area (Å²) in [5.41, 5.74) is 0.846. The first-order valence-corrected chi connectivity index (χ1v) is 7.98. The summed E-state index contributed by atoms with van der Waals surface area (Å²) >= 11 is 0. The molecule has 1 aromatic carbocycles. The van der Waals surface area contributed by atoms with Crippen molar-refractivity contribution < 1.29 is 14.3 Å². The van der Waals surface area contributed by atoms with Gasteiger partial charge in [0, 0.05) is 25.6 Å². The average Bonchev–Trinajstić information content (AvgIpc) is 2.59. The van der Waals surface area contributed by atoms with Crippen molar-refractivity contribution in [3.63, 3.8) is 0 Å². The number of amides is 1. The van der Waals surface area contributed by atoms with Crippen molar-refractivity contribution in [3.05, 3.63) is 23.8 Å². The molecule has 0 saturated carbocycles. The Hall–Kier alpha value is -2.22. The van der Waals surface area contributed by atoms with Gasteiger partial charge in [0.2, 0.25) is 5.91 Å². The van der Waals surface area contributed by atoms with Gasteiger partial charge in [-0.3, -0.25) is 4.79 Å². The van der Waals surface area contributed by atoms with Crippen molar-refractivity contribution in [2.24, 2.45) is 11.8 Å². The molecule has 0 aromatic heterocycles. The quantitative estimate of drug-likeness (QED) is 0.838. The van der Waals surface area contributed by atoms with E-state index < -0.39 is 5.92 Å². The summed E-state index contributed by atoms with van der Waals surface area (Å²) in [5.74, 6) is 1.24. The zero-order valence-electron chi connectivity index (χ0n) is 14.0. The number of carbonyl (C=O) groups excluding carboxylic acids is 1.